The van der Waals surface area contributed by atoms with Gasteiger partial charge in [0.05, 0.1) is 5.92 Å². The molecule has 0 amide bonds. The second-order valence-electron chi connectivity index (χ2n) is 4.90. The minimum Gasteiger partial charge on any atom is -0.510 e. The van der Waals surface area contributed by atoms with Crippen molar-refractivity contribution < 1.29 is 34.7 Å². The number of hydrogen-bond acceptors (Lipinski definition) is 7. The third kappa shape index (κ3) is 3.22. The van der Waals surface area contributed by atoms with Gasteiger partial charge in [0.1, 0.15) is 30.2 Å². The number of rotatable bonds is 3. The lowest BCUT2D eigenvalue weighted by atomic mass is 9.93. The predicted molar refractivity (Wildman–Crippen MR) is 71.2 cm³/mol. The highest BCUT2D eigenvalue weighted by molar-refractivity contribution is 5.95. The smallest absolute Gasteiger partial charge is 0.186 e. The van der Waals surface area contributed by atoms with E-state index in [-0.39, 0.29) is 5.78 Å². The van der Waals surface area contributed by atoms with Crippen LogP contribution in [0.2, 0.25) is 0 Å². The van der Waals surface area contributed by atoms with Gasteiger partial charge in [-0.1, -0.05) is 18.2 Å². The summed E-state index contributed by atoms with van der Waals surface area (Å²) in [5, 5.41) is 39.3. The number of carbonyl (C=O) groups excluding carboxylic acids is 1. The quantitative estimate of drug-likeness (QED) is 0.504. The molecule has 0 saturated carbocycles. The van der Waals surface area contributed by atoms with Gasteiger partial charge in [0.2, 0.25) is 0 Å². The molecule has 1 aliphatic carbocycles. The van der Waals surface area contributed by atoms with Gasteiger partial charge in [-0.25, -0.2) is 0 Å². The molecule has 0 radical (unpaired) electrons. The first kappa shape index (κ1) is 15.9. The van der Waals surface area contributed by atoms with Crippen molar-refractivity contribution in [2.75, 3.05) is 7.11 Å². The second-order valence-corrected chi connectivity index (χ2v) is 4.90. The molecular formula is C14H18O7. The summed E-state index contributed by atoms with van der Waals surface area (Å²) in [4.78, 5) is 11.6. The number of aliphatic hydroxyl groups is 4. The van der Waals surface area contributed by atoms with Crippen LogP contribution in [0.25, 0.3) is 0 Å². The van der Waals surface area contributed by atoms with Crippen LogP contribution in [-0.2, 0) is 14.3 Å². The Morgan fingerprint density at radius 1 is 1.24 bits per heavy atom. The van der Waals surface area contributed by atoms with E-state index in [0.717, 1.165) is 0 Å². The molecule has 0 aromatic rings. The van der Waals surface area contributed by atoms with E-state index in [1.165, 1.54) is 19.3 Å². The van der Waals surface area contributed by atoms with Crippen LogP contribution in [0, 0.1) is 5.92 Å². The predicted octanol–water partition coefficient (Wildman–Crippen LogP) is -0.806. The molecule has 6 atom stereocenters. The van der Waals surface area contributed by atoms with Crippen molar-refractivity contribution in [1.82, 2.24) is 0 Å². The average Bonchev–Trinajstić information content (AvgIpc) is 2.47. The Labute approximate surface area is 121 Å². The van der Waals surface area contributed by atoms with E-state index in [4.69, 9.17) is 9.47 Å². The van der Waals surface area contributed by atoms with Crippen LogP contribution < -0.4 is 0 Å². The molecule has 21 heavy (non-hydrogen) atoms. The maximum absolute atomic E-state index is 11.6. The highest BCUT2D eigenvalue weighted by Crippen LogP contribution is 2.26. The van der Waals surface area contributed by atoms with Crippen LogP contribution in [0.1, 0.15) is 0 Å². The summed E-state index contributed by atoms with van der Waals surface area (Å²) in [5.74, 6) is -1.30. The van der Waals surface area contributed by atoms with Crippen LogP contribution in [0.15, 0.2) is 36.1 Å². The molecule has 116 valence electrons. The molecule has 2 unspecified atom stereocenters. The Bertz CT molecular complexity index is 480. The third-order valence-electron chi connectivity index (χ3n) is 3.46. The maximum atomic E-state index is 11.6. The molecular weight excluding hydrogens is 280 g/mol. The summed E-state index contributed by atoms with van der Waals surface area (Å²) in [7, 11) is 1.26. The lowest BCUT2D eigenvalue weighted by molar-refractivity contribution is -0.286. The molecule has 2 rings (SSSR count). The Balaban J connectivity index is 2.17. The number of aliphatic hydroxyl groups excluding tert-OH is 4. The van der Waals surface area contributed by atoms with Gasteiger partial charge in [-0.15, -0.1) is 0 Å². The SMILES string of the molecule is COC1O[C@H](C(O)=CC2C=CC=CC2=O)[C@@H](O)[C@H](O)[C@@H]1O. The highest BCUT2D eigenvalue weighted by Gasteiger charge is 2.45. The van der Waals surface area contributed by atoms with Gasteiger partial charge in [0.25, 0.3) is 0 Å². The van der Waals surface area contributed by atoms with Crippen molar-refractivity contribution in [1.29, 1.82) is 0 Å². The van der Waals surface area contributed by atoms with Crippen molar-refractivity contribution in [3.05, 3.63) is 36.1 Å². The summed E-state index contributed by atoms with van der Waals surface area (Å²) >= 11 is 0. The molecule has 0 aromatic carbocycles. The number of hydrogen-bond donors (Lipinski definition) is 4. The van der Waals surface area contributed by atoms with E-state index < -0.39 is 42.4 Å². The molecule has 1 fully saturated rings. The van der Waals surface area contributed by atoms with Crippen molar-refractivity contribution in [2.24, 2.45) is 5.92 Å². The standard InChI is InChI=1S/C14H18O7/c1-20-14-12(19)10(17)11(18)13(21-14)9(16)6-7-4-2-3-5-8(7)15/h2-7,10-14,16-19H,1H3/t7?,10-,11-,12-,13+,14?/m0/s1. The van der Waals surface area contributed by atoms with E-state index in [1.54, 1.807) is 18.2 Å². The highest BCUT2D eigenvalue weighted by atomic mass is 16.7. The molecule has 7 heteroatoms. The Morgan fingerprint density at radius 2 is 1.95 bits per heavy atom. The monoisotopic (exact) mass is 298 g/mol. The van der Waals surface area contributed by atoms with Crippen LogP contribution in [0.3, 0.4) is 0 Å². The van der Waals surface area contributed by atoms with Crippen LogP contribution in [0.5, 0.6) is 0 Å². The zero-order valence-corrected chi connectivity index (χ0v) is 11.4. The van der Waals surface area contributed by atoms with Crippen molar-refractivity contribution >= 4 is 5.78 Å². The lowest BCUT2D eigenvalue weighted by Gasteiger charge is -2.39. The van der Waals surface area contributed by atoms with Gasteiger partial charge in [-0.3, -0.25) is 4.79 Å². The number of methoxy groups -OCH3 is 1. The minimum atomic E-state index is -1.54. The fourth-order valence-electron chi connectivity index (χ4n) is 2.24. The molecule has 1 saturated heterocycles. The fraction of sp³-hybridized carbons (Fsp3) is 0.500. The molecule has 7 nitrogen and oxygen atoms in total. The average molecular weight is 298 g/mol. The van der Waals surface area contributed by atoms with Gasteiger partial charge >= 0.3 is 0 Å². The van der Waals surface area contributed by atoms with Crippen LogP contribution in [0.4, 0.5) is 0 Å². The Hall–Kier alpha value is -1.51. The Kier molecular flexibility index (Phi) is 4.92. The fourth-order valence-corrected chi connectivity index (χ4v) is 2.24. The van der Waals surface area contributed by atoms with Crippen LogP contribution >= 0.6 is 0 Å². The topological polar surface area (TPSA) is 116 Å². The zero-order valence-electron chi connectivity index (χ0n) is 11.4. The summed E-state index contributed by atoms with van der Waals surface area (Å²) in [5.41, 5.74) is 0. The first-order chi connectivity index (χ1) is 9.95. The third-order valence-corrected chi connectivity index (χ3v) is 3.46. The summed E-state index contributed by atoms with van der Waals surface area (Å²) in [6, 6.07) is 0. The molecule has 0 bridgehead atoms. The first-order valence-electron chi connectivity index (χ1n) is 6.47. The van der Waals surface area contributed by atoms with Crippen molar-refractivity contribution in [3.8, 4) is 0 Å². The number of allylic oxidation sites excluding steroid dienone is 5. The molecule has 1 heterocycles. The maximum Gasteiger partial charge on any atom is 0.186 e. The largest absolute Gasteiger partial charge is 0.510 e. The lowest BCUT2D eigenvalue weighted by Crippen LogP contribution is -2.58. The number of ketones is 1. The number of carbonyl (C=O) groups is 1. The van der Waals surface area contributed by atoms with Crippen LogP contribution in [-0.4, -0.2) is 64.0 Å². The van der Waals surface area contributed by atoms with Gasteiger partial charge < -0.3 is 29.9 Å². The minimum absolute atomic E-state index is 0.224. The number of ether oxygens (including phenoxy) is 2. The van der Waals surface area contributed by atoms with E-state index in [1.807, 2.05) is 0 Å². The van der Waals surface area contributed by atoms with E-state index in [0.29, 0.717) is 0 Å². The summed E-state index contributed by atoms with van der Waals surface area (Å²) < 4.78 is 10.1. The van der Waals surface area contributed by atoms with Gasteiger partial charge in [-0.05, 0) is 12.2 Å². The second kappa shape index (κ2) is 6.50. The van der Waals surface area contributed by atoms with E-state index in [9.17, 15) is 25.2 Å². The van der Waals surface area contributed by atoms with Crippen molar-refractivity contribution in [2.45, 2.75) is 30.7 Å². The molecule has 0 aromatic heterocycles. The normalized spacial score (nSPS) is 40.6. The molecule has 0 spiro atoms. The van der Waals surface area contributed by atoms with Gasteiger partial charge in [-0.2, -0.15) is 0 Å². The van der Waals surface area contributed by atoms with Gasteiger partial charge in [0, 0.05) is 7.11 Å². The molecule has 1 aliphatic heterocycles. The first-order valence-corrected chi connectivity index (χ1v) is 6.47. The molecule has 2 aliphatic rings. The van der Waals surface area contributed by atoms with E-state index in [2.05, 4.69) is 0 Å². The van der Waals surface area contributed by atoms with Gasteiger partial charge in [0.15, 0.2) is 12.1 Å². The zero-order chi connectivity index (χ0) is 15.6. The van der Waals surface area contributed by atoms with Crippen molar-refractivity contribution in [3.63, 3.8) is 0 Å². The summed E-state index contributed by atoms with van der Waals surface area (Å²) in [6.07, 6.45) is 0.405. The van der Waals surface area contributed by atoms with E-state index >= 15 is 0 Å². The summed E-state index contributed by atoms with van der Waals surface area (Å²) in [6.45, 7) is 0. The molecule has 4 N–H and O–H groups in total. The Morgan fingerprint density at radius 3 is 2.57 bits per heavy atom.